The summed E-state index contributed by atoms with van der Waals surface area (Å²) >= 11 is 0. The number of rotatable bonds is 7. The minimum Gasteiger partial charge on any atom is -0.356 e. The van der Waals surface area contributed by atoms with E-state index in [1.165, 1.54) is 0 Å². The van der Waals surface area contributed by atoms with Gasteiger partial charge in [0.15, 0.2) is 0 Å². The van der Waals surface area contributed by atoms with Gasteiger partial charge in [-0.3, -0.25) is 9.59 Å². The fraction of sp³-hybridized carbons (Fsp3) is 0.591. The molecule has 0 atom stereocenters. The fourth-order valence-electron chi connectivity index (χ4n) is 3.98. The lowest BCUT2D eigenvalue weighted by Crippen LogP contribution is -2.46. The van der Waals surface area contributed by atoms with Crippen LogP contribution in [0.4, 0.5) is 4.79 Å². The molecule has 0 aliphatic carbocycles. The average molecular weight is 401 g/mol. The van der Waals surface area contributed by atoms with Gasteiger partial charge >= 0.3 is 6.03 Å². The highest BCUT2D eigenvalue weighted by Gasteiger charge is 2.27. The number of piperidine rings is 1. The Bertz CT molecular complexity index is 729. The van der Waals surface area contributed by atoms with Crippen LogP contribution in [0.25, 0.3) is 0 Å². The number of carbonyl (C=O) groups excluding carboxylic acids is 3. The predicted molar refractivity (Wildman–Crippen MR) is 111 cm³/mol. The molecule has 7 heteroatoms. The quantitative estimate of drug-likeness (QED) is 0.737. The number of carbonyl (C=O) groups is 3. The van der Waals surface area contributed by atoms with Crippen molar-refractivity contribution in [1.29, 1.82) is 0 Å². The van der Waals surface area contributed by atoms with E-state index in [0.717, 1.165) is 30.5 Å². The third kappa shape index (κ3) is 5.71. The molecule has 2 saturated heterocycles. The zero-order valence-corrected chi connectivity index (χ0v) is 17.3. The number of hydrogen-bond donors (Lipinski definition) is 2. The maximum atomic E-state index is 12.6. The van der Waals surface area contributed by atoms with Gasteiger partial charge in [-0.25, -0.2) is 4.79 Å². The van der Waals surface area contributed by atoms with E-state index in [0.29, 0.717) is 52.0 Å². The largest absolute Gasteiger partial charge is 0.356 e. The Kier molecular flexibility index (Phi) is 7.49. The van der Waals surface area contributed by atoms with Gasteiger partial charge in [0.1, 0.15) is 0 Å². The molecule has 1 aromatic rings. The van der Waals surface area contributed by atoms with E-state index in [4.69, 9.17) is 0 Å². The van der Waals surface area contributed by atoms with Gasteiger partial charge in [-0.1, -0.05) is 31.2 Å². The number of likely N-dealkylation sites (tertiary alicyclic amines) is 2. The summed E-state index contributed by atoms with van der Waals surface area (Å²) in [6, 6.07) is 7.85. The molecule has 29 heavy (non-hydrogen) atoms. The van der Waals surface area contributed by atoms with Crippen molar-refractivity contribution >= 4 is 17.8 Å². The molecule has 2 heterocycles. The van der Waals surface area contributed by atoms with Crippen molar-refractivity contribution in [3.63, 3.8) is 0 Å². The van der Waals surface area contributed by atoms with Gasteiger partial charge in [-0.2, -0.15) is 0 Å². The van der Waals surface area contributed by atoms with Gasteiger partial charge in [-0.15, -0.1) is 0 Å². The van der Waals surface area contributed by atoms with Crippen molar-refractivity contribution in [1.82, 2.24) is 20.4 Å². The summed E-state index contributed by atoms with van der Waals surface area (Å²) in [6.07, 6.45) is 3.89. The number of benzene rings is 1. The molecule has 7 nitrogen and oxygen atoms in total. The summed E-state index contributed by atoms with van der Waals surface area (Å²) < 4.78 is 0. The molecule has 2 N–H and O–H groups in total. The van der Waals surface area contributed by atoms with Crippen molar-refractivity contribution in [2.24, 2.45) is 5.92 Å². The molecule has 2 aliphatic heterocycles. The highest BCUT2D eigenvalue weighted by Crippen LogP contribution is 2.19. The van der Waals surface area contributed by atoms with Crippen LogP contribution in [0.15, 0.2) is 24.3 Å². The van der Waals surface area contributed by atoms with Crippen LogP contribution >= 0.6 is 0 Å². The monoisotopic (exact) mass is 400 g/mol. The van der Waals surface area contributed by atoms with E-state index >= 15 is 0 Å². The summed E-state index contributed by atoms with van der Waals surface area (Å²) in [7, 11) is 0. The third-order valence-corrected chi connectivity index (χ3v) is 5.78. The van der Waals surface area contributed by atoms with Gasteiger partial charge in [-0.05, 0) is 36.8 Å². The van der Waals surface area contributed by atoms with Crippen LogP contribution in [0.5, 0.6) is 0 Å². The first-order chi connectivity index (χ1) is 14.1. The highest BCUT2D eigenvalue weighted by molar-refractivity contribution is 5.80. The minimum atomic E-state index is -0.0931. The Morgan fingerprint density at radius 3 is 2.45 bits per heavy atom. The summed E-state index contributed by atoms with van der Waals surface area (Å²) in [6.45, 7) is 5.79. The maximum absolute atomic E-state index is 12.6. The lowest BCUT2D eigenvalue weighted by molar-refractivity contribution is -0.128. The van der Waals surface area contributed by atoms with E-state index < -0.39 is 0 Å². The normalized spacial score (nSPS) is 17.5. The summed E-state index contributed by atoms with van der Waals surface area (Å²) in [5.74, 6) is 0.316. The minimum absolute atomic E-state index is 0.00400. The third-order valence-electron chi connectivity index (χ3n) is 5.78. The Balaban J connectivity index is 1.48. The van der Waals surface area contributed by atoms with E-state index in [1.807, 2.05) is 36.1 Å². The van der Waals surface area contributed by atoms with Gasteiger partial charge < -0.3 is 20.4 Å². The lowest BCUT2D eigenvalue weighted by atomic mass is 9.96. The van der Waals surface area contributed by atoms with Crippen molar-refractivity contribution in [2.75, 3.05) is 26.2 Å². The van der Waals surface area contributed by atoms with E-state index in [-0.39, 0.29) is 23.8 Å². The summed E-state index contributed by atoms with van der Waals surface area (Å²) in [4.78, 5) is 40.3. The van der Waals surface area contributed by atoms with Gasteiger partial charge in [0.05, 0.1) is 0 Å². The first kappa shape index (κ1) is 21.1. The number of nitrogens with one attached hydrogen (secondary N) is 2. The van der Waals surface area contributed by atoms with E-state index in [9.17, 15) is 14.4 Å². The molecule has 0 unspecified atom stereocenters. The van der Waals surface area contributed by atoms with Crippen LogP contribution in [0.3, 0.4) is 0 Å². The second-order valence-corrected chi connectivity index (χ2v) is 7.90. The Labute approximate surface area is 172 Å². The average Bonchev–Trinajstić information content (AvgIpc) is 3.15. The SMILES string of the molecule is CCCNC(=O)C1CCN(C(=O)NCc2ccccc2CN2CCCC2=O)CC1. The van der Waals surface area contributed by atoms with E-state index in [1.54, 1.807) is 4.90 Å². The first-order valence-corrected chi connectivity index (χ1v) is 10.7. The molecule has 3 rings (SSSR count). The molecule has 0 aromatic heterocycles. The van der Waals surface area contributed by atoms with Crippen LogP contribution in [0, 0.1) is 5.92 Å². The Morgan fingerprint density at radius 1 is 1.07 bits per heavy atom. The molecular formula is C22H32N4O3. The van der Waals surface area contributed by atoms with Crippen LogP contribution in [-0.4, -0.2) is 53.8 Å². The Hall–Kier alpha value is -2.57. The topological polar surface area (TPSA) is 81.8 Å². The van der Waals surface area contributed by atoms with Gasteiger partial charge in [0, 0.05) is 51.6 Å². The number of urea groups is 1. The van der Waals surface area contributed by atoms with Crippen molar-refractivity contribution in [3.8, 4) is 0 Å². The first-order valence-electron chi connectivity index (χ1n) is 10.7. The number of amides is 4. The van der Waals surface area contributed by atoms with Gasteiger partial charge in [0.2, 0.25) is 11.8 Å². The molecular weight excluding hydrogens is 368 g/mol. The fourth-order valence-corrected chi connectivity index (χ4v) is 3.98. The second kappa shape index (κ2) is 10.3. The molecule has 158 valence electrons. The number of nitrogens with zero attached hydrogens (tertiary/aromatic N) is 2. The highest BCUT2D eigenvalue weighted by atomic mass is 16.2. The molecule has 2 aliphatic rings. The van der Waals surface area contributed by atoms with Crippen molar-refractivity contribution < 1.29 is 14.4 Å². The maximum Gasteiger partial charge on any atom is 0.317 e. The molecule has 0 bridgehead atoms. The molecule has 4 amide bonds. The van der Waals surface area contributed by atoms with Crippen LogP contribution in [-0.2, 0) is 22.7 Å². The number of hydrogen-bond acceptors (Lipinski definition) is 3. The summed E-state index contributed by atoms with van der Waals surface area (Å²) in [5, 5.41) is 5.95. The molecule has 0 radical (unpaired) electrons. The molecule has 2 fully saturated rings. The van der Waals surface area contributed by atoms with Crippen LogP contribution in [0.1, 0.15) is 50.2 Å². The molecule has 1 aromatic carbocycles. The van der Waals surface area contributed by atoms with Crippen molar-refractivity contribution in [3.05, 3.63) is 35.4 Å². The Morgan fingerprint density at radius 2 is 1.79 bits per heavy atom. The predicted octanol–water partition coefficient (Wildman–Crippen LogP) is 2.26. The molecule has 0 saturated carbocycles. The zero-order chi connectivity index (χ0) is 20.6. The van der Waals surface area contributed by atoms with Crippen molar-refractivity contribution in [2.45, 2.75) is 52.1 Å². The molecule has 0 spiro atoms. The smallest absolute Gasteiger partial charge is 0.317 e. The summed E-state index contributed by atoms with van der Waals surface area (Å²) in [5.41, 5.74) is 2.11. The lowest BCUT2D eigenvalue weighted by Gasteiger charge is -2.31. The van der Waals surface area contributed by atoms with Crippen LogP contribution < -0.4 is 10.6 Å². The van der Waals surface area contributed by atoms with Crippen LogP contribution in [0.2, 0.25) is 0 Å². The standard InChI is InChI=1S/C22H32N4O3/c1-2-11-23-21(28)17-9-13-25(14-10-17)22(29)24-15-18-6-3-4-7-19(18)16-26-12-5-8-20(26)27/h3-4,6-7,17H,2,5,8-16H2,1H3,(H,23,28)(H,24,29). The zero-order valence-electron chi connectivity index (χ0n) is 17.3. The van der Waals surface area contributed by atoms with E-state index in [2.05, 4.69) is 10.6 Å². The second-order valence-electron chi connectivity index (χ2n) is 7.90. The van der Waals surface area contributed by atoms with Gasteiger partial charge in [0.25, 0.3) is 0 Å².